The maximum Gasteiger partial charge on any atom is 0.415 e. The predicted octanol–water partition coefficient (Wildman–Crippen LogP) is 6.71. The summed E-state index contributed by atoms with van der Waals surface area (Å²) in [7, 11) is 1.43. The molecule has 1 aliphatic carbocycles. The van der Waals surface area contributed by atoms with Crippen molar-refractivity contribution in [1.82, 2.24) is 19.8 Å². The third kappa shape index (κ3) is 6.80. The second-order valence-electron chi connectivity index (χ2n) is 14.0. The molecule has 1 aliphatic heterocycles. The SMILES string of the molecule is COc1cc2nc(C)nc(N[C@H](C)c3cccc(C(F)(F)C(C)(C)O)c3F)c2cc1OC(=O)N1CCN(C(=O)OC(C)(C)C)CC12CC2. The quantitative estimate of drug-likeness (QED) is 0.282. The van der Waals surface area contributed by atoms with Crippen LogP contribution in [0.15, 0.2) is 30.3 Å². The Balaban J connectivity index is 1.41. The molecular weight excluding hydrogens is 631 g/mol. The molecule has 11 nitrogen and oxygen atoms in total. The van der Waals surface area contributed by atoms with Crippen molar-refractivity contribution >= 4 is 28.9 Å². The maximum atomic E-state index is 15.6. The maximum absolute atomic E-state index is 15.6. The molecule has 1 aromatic heterocycles. The first-order valence-corrected chi connectivity index (χ1v) is 15.8. The van der Waals surface area contributed by atoms with Crippen LogP contribution in [-0.2, 0) is 10.7 Å². The highest BCUT2D eigenvalue weighted by Crippen LogP contribution is 2.46. The molecule has 1 saturated carbocycles. The average molecular weight is 674 g/mol. The van der Waals surface area contributed by atoms with E-state index in [0.29, 0.717) is 36.1 Å². The van der Waals surface area contributed by atoms with Gasteiger partial charge in [-0.05, 0) is 73.4 Å². The molecule has 260 valence electrons. The third-order valence-electron chi connectivity index (χ3n) is 8.60. The van der Waals surface area contributed by atoms with E-state index in [-0.39, 0.29) is 36.0 Å². The Bertz CT molecular complexity index is 1730. The van der Waals surface area contributed by atoms with Crippen LogP contribution in [0.3, 0.4) is 0 Å². The Hall–Kier alpha value is -4.33. The minimum Gasteiger partial charge on any atom is -0.493 e. The molecule has 2 amide bonds. The van der Waals surface area contributed by atoms with Crippen LogP contribution in [-0.4, -0.2) is 80.5 Å². The standard InChI is InChI=1S/C34H42F3N5O6/c1-19(21-10-9-11-23(27(21)35)34(36,37)32(6,7)45)38-28-22-16-26(25(46-8)17-24(22)39-20(2)40-28)47-30(44)42-15-14-41(18-33(42)12-13-33)29(43)48-31(3,4)5/h9-11,16-17,19,45H,12-15,18H2,1-8H3,(H,38,39,40)/t19-/m1/s1. The van der Waals surface area contributed by atoms with E-state index in [9.17, 15) is 23.5 Å². The van der Waals surface area contributed by atoms with Crippen LogP contribution < -0.4 is 14.8 Å². The first kappa shape index (κ1) is 35.0. The van der Waals surface area contributed by atoms with Gasteiger partial charge < -0.3 is 29.5 Å². The van der Waals surface area contributed by atoms with Gasteiger partial charge in [-0.15, -0.1) is 0 Å². The van der Waals surface area contributed by atoms with Crippen LogP contribution in [0, 0.1) is 12.7 Å². The van der Waals surface area contributed by atoms with E-state index in [1.807, 2.05) is 0 Å². The Kier molecular flexibility index (Phi) is 8.95. The van der Waals surface area contributed by atoms with Crippen molar-refractivity contribution in [3.8, 4) is 11.5 Å². The molecule has 0 unspecified atom stereocenters. The number of rotatable bonds is 7. The van der Waals surface area contributed by atoms with Crippen LogP contribution in [0.2, 0.25) is 0 Å². The van der Waals surface area contributed by atoms with Crippen LogP contribution >= 0.6 is 0 Å². The number of halogens is 3. The zero-order chi connectivity index (χ0) is 35.4. The van der Waals surface area contributed by atoms with Gasteiger partial charge in [-0.25, -0.2) is 23.9 Å². The van der Waals surface area contributed by atoms with Crippen LogP contribution in [0.25, 0.3) is 10.9 Å². The van der Waals surface area contributed by atoms with Gasteiger partial charge in [0.25, 0.3) is 0 Å². The zero-order valence-corrected chi connectivity index (χ0v) is 28.4. The Labute approximate surface area is 277 Å². The van der Waals surface area contributed by atoms with Crippen molar-refractivity contribution in [3.63, 3.8) is 0 Å². The molecule has 2 N–H and O–H groups in total. The Morgan fingerprint density at radius 1 is 1.04 bits per heavy atom. The number of carbonyl (C=O) groups excluding carboxylic acids is 2. The van der Waals surface area contributed by atoms with Gasteiger partial charge in [0.05, 0.1) is 29.8 Å². The number of benzene rings is 2. The van der Waals surface area contributed by atoms with Crippen molar-refractivity contribution in [2.75, 3.05) is 32.1 Å². The summed E-state index contributed by atoms with van der Waals surface area (Å²) in [5, 5.41) is 13.5. The summed E-state index contributed by atoms with van der Waals surface area (Å²) in [6.45, 7) is 11.3. The lowest BCUT2D eigenvalue weighted by molar-refractivity contribution is -0.170. The van der Waals surface area contributed by atoms with E-state index in [2.05, 4.69) is 15.3 Å². The fraction of sp³-hybridized carbons (Fsp3) is 0.529. The summed E-state index contributed by atoms with van der Waals surface area (Å²) in [4.78, 5) is 38.5. The molecule has 14 heteroatoms. The molecular formula is C34H42F3N5O6. The summed E-state index contributed by atoms with van der Waals surface area (Å²) in [6, 6.07) is 5.89. The third-order valence-corrected chi connectivity index (χ3v) is 8.60. The van der Waals surface area contributed by atoms with Crippen molar-refractivity contribution in [2.45, 2.75) is 90.0 Å². The van der Waals surface area contributed by atoms with Gasteiger partial charge in [0.2, 0.25) is 0 Å². The number of piperazine rings is 1. The molecule has 2 aromatic carbocycles. The second kappa shape index (κ2) is 12.3. The molecule has 1 saturated heterocycles. The van der Waals surface area contributed by atoms with Crippen LogP contribution in [0.4, 0.5) is 28.6 Å². The number of nitrogens with one attached hydrogen (secondary N) is 1. The number of aromatic nitrogens is 2. The fourth-order valence-corrected chi connectivity index (χ4v) is 5.81. The Morgan fingerprint density at radius 2 is 1.73 bits per heavy atom. The highest BCUT2D eigenvalue weighted by molar-refractivity contribution is 5.92. The number of methoxy groups -OCH3 is 1. The number of anilines is 1. The normalized spacial score (nSPS) is 16.9. The van der Waals surface area contributed by atoms with Gasteiger partial charge in [-0.1, -0.05) is 12.1 Å². The topological polar surface area (TPSA) is 126 Å². The molecule has 2 aliphatic rings. The average Bonchev–Trinajstić information content (AvgIpc) is 3.74. The number of aryl methyl sites for hydroxylation is 1. The number of alkyl halides is 2. The van der Waals surface area contributed by atoms with Crippen molar-refractivity contribution in [1.29, 1.82) is 0 Å². The summed E-state index contributed by atoms with van der Waals surface area (Å²) in [5.41, 5.74) is -4.26. The largest absolute Gasteiger partial charge is 0.493 e. The second-order valence-corrected chi connectivity index (χ2v) is 14.0. The number of hydrogen-bond donors (Lipinski definition) is 2. The van der Waals surface area contributed by atoms with Gasteiger partial charge in [-0.3, -0.25) is 4.90 Å². The smallest absolute Gasteiger partial charge is 0.415 e. The monoisotopic (exact) mass is 673 g/mol. The molecule has 1 atom stereocenters. The highest BCUT2D eigenvalue weighted by Gasteiger charge is 2.55. The van der Waals surface area contributed by atoms with Gasteiger partial charge >= 0.3 is 18.1 Å². The van der Waals surface area contributed by atoms with E-state index in [4.69, 9.17) is 14.2 Å². The molecule has 0 radical (unpaired) electrons. The minimum atomic E-state index is -3.86. The first-order valence-electron chi connectivity index (χ1n) is 15.8. The molecule has 5 rings (SSSR count). The van der Waals surface area contributed by atoms with E-state index < -0.39 is 52.3 Å². The lowest BCUT2D eigenvalue weighted by Gasteiger charge is -2.41. The zero-order valence-electron chi connectivity index (χ0n) is 28.4. The van der Waals surface area contributed by atoms with E-state index in [0.717, 1.165) is 19.9 Å². The lowest BCUT2D eigenvalue weighted by atomic mass is 9.91. The van der Waals surface area contributed by atoms with E-state index in [1.165, 1.54) is 25.3 Å². The minimum absolute atomic E-state index is 0.0683. The summed E-state index contributed by atoms with van der Waals surface area (Å²) in [6.07, 6.45) is 0.362. The van der Waals surface area contributed by atoms with Gasteiger partial charge in [0, 0.05) is 36.7 Å². The van der Waals surface area contributed by atoms with E-state index in [1.54, 1.807) is 50.5 Å². The number of ether oxygens (including phenoxy) is 3. The van der Waals surface area contributed by atoms with E-state index >= 15 is 4.39 Å². The van der Waals surface area contributed by atoms with Gasteiger partial charge in [0.1, 0.15) is 28.7 Å². The number of fused-ring (bicyclic) bond motifs is 1. The van der Waals surface area contributed by atoms with Crippen LogP contribution in [0.5, 0.6) is 11.5 Å². The molecule has 48 heavy (non-hydrogen) atoms. The summed E-state index contributed by atoms with van der Waals surface area (Å²) >= 11 is 0. The number of nitrogens with zero attached hydrogens (tertiary/aromatic N) is 4. The first-order chi connectivity index (χ1) is 22.3. The summed E-state index contributed by atoms with van der Waals surface area (Å²) in [5.74, 6) is -4.09. The number of aliphatic hydroxyl groups is 1. The molecule has 2 heterocycles. The van der Waals surface area contributed by atoms with Crippen LogP contribution in [0.1, 0.15) is 77.4 Å². The van der Waals surface area contributed by atoms with Crippen molar-refractivity contribution < 1.29 is 42.1 Å². The predicted molar refractivity (Wildman–Crippen MR) is 172 cm³/mol. The molecule has 2 fully saturated rings. The lowest BCUT2D eigenvalue weighted by Crippen LogP contribution is -2.59. The molecule has 1 spiro atoms. The fourth-order valence-electron chi connectivity index (χ4n) is 5.81. The highest BCUT2D eigenvalue weighted by atomic mass is 19.3. The number of amides is 2. The number of carbonyl (C=O) groups is 2. The van der Waals surface area contributed by atoms with Crippen molar-refractivity contribution in [2.24, 2.45) is 0 Å². The van der Waals surface area contributed by atoms with Gasteiger partial charge in [0.15, 0.2) is 11.5 Å². The number of hydrogen-bond acceptors (Lipinski definition) is 9. The Morgan fingerprint density at radius 3 is 2.33 bits per heavy atom. The van der Waals surface area contributed by atoms with Crippen molar-refractivity contribution in [3.05, 3.63) is 53.1 Å². The summed E-state index contributed by atoms with van der Waals surface area (Å²) < 4.78 is 62.5. The van der Waals surface area contributed by atoms with Gasteiger partial charge in [-0.2, -0.15) is 8.78 Å². The molecule has 0 bridgehead atoms. The molecule has 3 aromatic rings.